The quantitative estimate of drug-likeness (QED) is 0.439. The van der Waals surface area contributed by atoms with Crippen LogP contribution < -0.4 is 0 Å². The molecule has 1 aliphatic heterocycles. The smallest absolute Gasteiger partial charge is 0.0578 e. The maximum atomic E-state index is 2.40. The van der Waals surface area contributed by atoms with Crippen LogP contribution in [0.3, 0.4) is 0 Å². The third-order valence-corrected chi connectivity index (χ3v) is 4.63. The predicted octanol–water partition coefficient (Wildman–Crippen LogP) is 1.66. The lowest BCUT2D eigenvalue weighted by atomic mass is 10.1. The summed E-state index contributed by atoms with van der Waals surface area (Å²) >= 11 is 0. The molecule has 1 unspecified atom stereocenters. The maximum Gasteiger partial charge on any atom is 0.115 e. The van der Waals surface area contributed by atoms with E-state index in [4.69, 9.17) is 0 Å². The maximum absolute atomic E-state index is 2.40. The van der Waals surface area contributed by atoms with E-state index in [0.717, 1.165) is 22.1 Å². The fourth-order valence-electron chi connectivity index (χ4n) is 1.41. The van der Waals surface area contributed by atoms with Crippen molar-refractivity contribution in [2.45, 2.75) is 25.5 Å². The van der Waals surface area contributed by atoms with E-state index in [0.29, 0.717) is 0 Å². The van der Waals surface area contributed by atoms with E-state index in [9.17, 15) is 0 Å². The molecule has 0 aromatic carbocycles. The first-order valence-electron chi connectivity index (χ1n) is 3.31. The van der Waals surface area contributed by atoms with Gasteiger partial charge in [0.1, 0.15) is 11.0 Å². The van der Waals surface area contributed by atoms with Gasteiger partial charge in [-0.05, 0) is 17.8 Å². The summed E-state index contributed by atoms with van der Waals surface area (Å²) in [6.07, 6.45) is 3.87. The van der Waals surface area contributed by atoms with E-state index in [1.54, 1.807) is 0 Å². The second kappa shape index (κ2) is 2.30. The molecular weight excluding hydrogens is 116 g/mol. The summed E-state index contributed by atoms with van der Waals surface area (Å²) in [6.45, 7) is 4.75. The van der Waals surface area contributed by atoms with Gasteiger partial charge >= 0.3 is 0 Å². The highest BCUT2D eigenvalue weighted by Gasteiger charge is 2.32. The summed E-state index contributed by atoms with van der Waals surface area (Å²) in [6, 6.07) is 0. The predicted molar refractivity (Wildman–Crippen MR) is 41.4 cm³/mol. The zero-order valence-electron chi connectivity index (χ0n) is 5.98. The first kappa shape index (κ1) is 6.47. The van der Waals surface area contributed by atoms with Crippen molar-refractivity contribution in [3.05, 3.63) is 0 Å². The Balaban J connectivity index is 2.39. The minimum atomic E-state index is 0.752. The molecule has 0 spiro atoms. The van der Waals surface area contributed by atoms with Crippen molar-refractivity contribution in [1.29, 1.82) is 0 Å². The van der Waals surface area contributed by atoms with Crippen LogP contribution >= 0.6 is 0 Å². The third-order valence-electron chi connectivity index (χ3n) is 1.97. The summed E-state index contributed by atoms with van der Waals surface area (Å²) in [7, 11) is 0.752. The van der Waals surface area contributed by atoms with Crippen molar-refractivity contribution in [2.75, 3.05) is 12.0 Å². The van der Waals surface area contributed by atoms with E-state index >= 15 is 0 Å². The van der Waals surface area contributed by atoms with Crippen LogP contribution in [0.1, 0.15) is 20.3 Å². The van der Waals surface area contributed by atoms with E-state index in [2.05, 4.69) is 20.1 Å². The molecule has 0 aliphatic carbocycles. The molecule has 0 amide bonds. The summed E-state index contributed by atoms with van der Waals surface area (Å²) in [5.74, 6) is 2.50. The van der Waals surface area contributed by atoms with Gasteiger partial charge in [-0.25, -0.2) is 0 Å². The average molecular weight is 131 g/mol. The molecule has 0 N–H and O–H groups in total. The number of hydrogen-bond acceptors (Lipinski definition) is 0. The van der Waals surface area contributed by atoms with Crippen molar-refractivity contribution < 1.29 is 0 Å². The van der Waals surface area contributed by atoms with Crippen molar-refractivity contribution in [3.63, 3.8) is 0 Å². The Morgan fingerprint density at radius 1 is 1.38 bits per heavy atom. The molecule has 48 valence electrons. The fourth-order valence-corrected chi connectivity index (χ4v) is 3.43. The van der Waals surface area contributed by atoms with Crippen LogP contribution in [0.15, 0.2) is 0 Å². The second-order valence-corrected chi connectivity index (χ2v) is 5.53. The molecule has 1 heteroatoms. The van der Waals surface area contributed by atoms with Gasteiger partial charge < -0.3 is 0 Å². The molecular formula is C7H15S+. The third kappa shape index (κ3) is 1.19. The molecule has 3 atom stereocenters. The molecule has 0 aromatic rings. The fraction of sp³-hybridized carbons (Fsp3) is 1.00. The van der Waals surface area contributed by atoms with Crippen LogP contribution in [0.4, 0.5) is 0 Å². The van der Waals surface area contributed by atoms with Gasteiger partial charge in [0, 0.05) is 12.3 Å². The first-order valence-corrected chi connectivity index (χ1v) is 5.18. The van der Waals surface area contributed by atoms with Crippen molar-refractivity contribution in [1.82, 2.24) is 0 Å². The topological polar surface area (TPSA) is 0 Å². The van der Waals surface area contributed by atoms with Gasteiger partial charge in [-0.15, -0.1) is 0 Å². The molecule has 1 heterocycles. The van der Waals surface area contributed by atoms with E-state index < -0.39 is 0 Å². The van der Waals surface area contributed by atoms with Crippen molar-refractivity contribution in [3.8, 4) is 0 Å². The van der Waals surface area contributed by atoms with Gasteiger partial charge in [-0.2, -0.15) is 0 Å². The monoisotopic (exact) mass is 131 g/mol. The van der Waals surface area contributed by atoms with E-state index in [-0.39, 0.29) is 0 Å². The SMILES string of the molecule is C[C@H]1C[C@@H](C)[S+](C)C1. The molecule has 0 aromatic heterocycles. The highest BCUT2D eigenvalue weighted by Crippen LogP contribution is 2.24. The van der Waals surface area contributed by atoms with Crippen molar-refractivity contribution >= 4 is 10.9 Å². The Kier molecular flexibility index (Phi) is 1.86. The van der Waals surface area contributed by atoms with Gasteiger partial charge in [-0.1, -0.05) is 6.92 Å². The molecule has 1 aliphatic rings. The lowest BCUT2D eigenvalue weighted by molar-refractivity contribution is 0.626. The largest absolute Gasteiger partial charge is 0.115 e. The molecule has 1 rings (SSSR count). The van der Waals surface area contributed by atoms with Crippen LogP contribution in [0, 0.1) is 5.92 Å². The summed E-state index contributed by atoms with van der Waals surface area (Å²) in [5, 5.41) is 1.02. The highest BCUT2D eigenvalue weighted by atomic mass is 32.2. The Hall–Kier alpha value is 0.350. The molecule has 1 saturated heterocycles. The Labute approximate surface area is 55.0 Å². The molecule has 0 bridgehead atoms. The second-order valence-electron chi connectivity index (χ2n) is 3.01. The normalized spacial score (nSPS) is 47.6. The highest BCUT2D eigenvalue weighted by molar-refractivity contribution is 7.97. The van der Waals surface area contributed by atoms with Gasteiger partial charge in [0.05, 0.1) is 6.26 Å². The van der Waals surface area contributed by atoms with Crippen LogP contribution in [0.5, 0.6) is 0 Å². The number of hydrogen-bond donors (Lipinski definition) is 0. The Bertz CT molecular complexity index is 70.5. The zero-order valence-corrected chi connectivity index (χ0v) is 6.79. The lowest BCUT2D eigenvalue weighted by Crippen LogP contribution is -2.09. The van der Waals surface area contributed by atoms with E-state index in [1.165, 1.54) is 12.2 Å². The molecule has 0 nitrogen and oxygen atoms in total. The summed E-state index contributed by atoms with van der Waals surface area (Å²) in [4.78, 5) is 0. The lowest BCUT2D eigenvalue weighted by Gasteiger charge is -1.95. The number of rotatable bonds is 0. The average Bonchev–Trinajstić information content (AvgIpc) is 1.85. The van der Waals surface area contributed by atoms with Crippen LogP contribution in [-0.2, 0) is 10.9 Å². The van der Waals surface area contributed by atoms with Crippen molar-refractivity contribution in [2.24, 2.45) is 5.92 Å². The molecule has 8 heavy (non-hydrogen) atoms. The summed E-state index contributed by atoms with van der Waals surface area (Å²) in [5.41, 5.74) is 0. The van der Waals surface area contributed by atoms with Crippen LogP contribution in [0.25, 0.3) is 0 Å². The van der Waals surface area contributed by atoms with Gasteiger partial charge in [0.2, 0.25) is 0 Å². The van der Waals surface area contributed by atoms with Gasteiger partial charge in [0.25, 0.3) is 0 Å². The van der Waals surface area contributed by atoms with Gasteiger partial charge in [-0.3, -0.25) is 0 Å². The Morgan fingerprint density at radius 2 is 2.00 bits per heavy atom. The first-order chi connectivity index (χ1) is 3.70. The minimum Gasteiger partial charge on any atom is -0.0578 e. The molecule has 1 fully saturated rings. The minimum absolute atomic E-state index is 0.752. The standard InChI is InChI=1S/C7H15S/c1-6-4-7(2)8(3)5-6/h6-7H,4-5H2,1-3H3/q+1/t6-,7+,8?/m0/s1. The van der Waals surface area contributed by atoms with Crippen LogP contribution in [-0.4, -0.2) is 17.3 Å². The molecule has 0 radical (unpaired) electrons. The Morgan fingerprint density at radius 3 is 2.12 bits per heavy atom. The van der Waals surface area contributed by atoms with Crippen LogP contribution in [0.2, 0.25) is 0 Å². The van der Waals surface area contributed by atoms with E-state index in [1.807, 2.05) is 0 Å². The van der Waals surface area contributed by atoms with Gasteiger partial charge in [0.15, 0.2) is 0 Å². The summed E-state index contributed by atoms with van der Waals surface area (Å²) < 4.78 is 0. The zero-order chi connectivity index (χ0) is 6.15. The molecule has 0 saturated carbocycles.